The van der Waals surface area contributed by atoms with Gasteiger partial charge in [-0.15, -0.1) is 0 Å². The molecule has 0 atom stereocenters. The van der Waals surface area contributed by atoms with E-state index in [-0.39, 0.29) is 0 Å². The van der Waals surface area contributed by atoms with E-state index in [1.54, 1.807) is 13.0 Å². The van der Waals surface area contributed by atoms with Crippen molar-refractivity contribution in [2.45, 2.75) is 25.8 Å². The zero-order valence-electron chi connectivity index (χ0n) is 11.2. The molecule has 1 aliphatic carbocycles. The fourth-order valence-corrected chi connectivity index (χ4v) is 2.38. The van der Waals surface area contributed by atoms with Crippen LogP contribution in [0.5, 0.6) is 0 Å². The maximum Gasteiger partial charge on any atom is 0.412 e. The molecule has 1 aromatic carbocycles. The van der Waals surface area contributed by atoms with Crippen LogP contribution in [0.4, 0.5) is 10.6 Å². The third-order valence-corrected chi connectivity index (χ3v) is 3.39. The topological polar surface area (TPSA) is 67.0 Å². The Labute approximate surface area is 116 Å². The van der Waals surface area contributed by atoms with E-state index in [9.17, 15) is 4.79 Å². The fourth-order valence-electron chi connectivity index (χ4n) is 2.38. The Hall–Kier alpha value is -2.48. The number of hydrogen-bond acceptors (Lipinski definition) is 3. The van der Waals surface area contributed by atoms with Crippen LogP contribution < -0.4 is 5.32 Å². The van der Waals surface area contributed by atoms with Gasteiger partial charge in [-0.1, -0.05) is 6.07 Å². The first kappa shape index (κ1) is 12.5. The van der Waals surface area contributed by atoms with Gasteiger partial charge in [-0.05, 0) is 38.0 Å². The fraction of sp³-hybridized carbons (Fsp3) is 0.333. The van der Waals surface area contributed by atoms with Crippen molar-refractivity contribution < 1.29 is 9.53 Å². The predicted octanol–water partition coefficient (Wildman–Crippen LogP) is 3.42. The Morgan fingerprint density at radius 3 is 2.95 bits per heavy atom. The number of anilines is 1. The molecule has 102 valence electrons. The Balaban J connectivity index is 2.05. The molecule has 1 fully saturated rings. The number of carbonyl (C=O) groups excluding carboxylic acids is 1. The number of ether oxygens (including phenoxy) is 1. The first-order valence-corrected chi connectivity index (χ1v) is 6.71. The van der Waals surface area contributed by atoms with Crippen molar-refractivity contribution >= 4 is 22.8 Å². The van der Waals surface area contributed by atoms with Gasteiger partial charge in [0.1, 0.15) is 5.82 Å². The number of hydrogen-bond donors (Lipinski definition) is 1. The summed E-state index contributed by atoms with van der Waals surface area (Å²) in [6, 6.07) is 10.0. The second-order valence-corrected chi connectivity index (χ2v) is 4.86. The first-order valence-electron chi connectivity index (χ1n) is 6.71. The van der Waals surface area contributed by atoms with Crippen LogP contribution in [0.25, 0.3) is 10.9 Å². The molecule has 1 saturated carbocycles. The summed E-state index contributed by atoms with van der Waals surface area (Å²) in [5, 5.41) is 12.8. The van der Waals surface area contributed by atoms with Crippen LogP contribution in [-0.4, -0.2) is 17.3 Å². The Bertz CT molecular complexity index is 708. The SMILES string of the molecule is CCOC(=O)Nc1cc2ccc(C#N)cc2n1C1CC1. The van der Waals surface area contributed by atoms with Crippen molar-refractivity contribution in [2.24, 2.45) is 0 Å². The third kappa shape index (κ3) is 2.21. The summed E-state index contributed by atoms with van der Waals surface area (Å²) < 4.78 is 7.02. The maximum atomic E-state index is 11.6. The summed E-state index contributed by atoms with van der Waals surface area (Å²) in [5.74, 6) is 0.732. The van der Waals surface area contributed by atoms with Crippen LogP contribution >= 0.6 is 0 Å². The van der Waals surface area contributed by atoms with Gasteiger partial charge >= 0.3 is 6.09 Å². The van der Waals surface area contributed by atoms with E-state index in [0.29, 0.717) is 18.2 Å². The molecule has 0 spiro atoms. The lowest BCUT2D eigenvalue weighted by Crippen LogP contribution is -2.15. The summed E-state index contributed by atoms with van der Waals surface area (Å²) in [6.45, 7) is 2.11. The molecule has 5 nitrogen and oxygen atoms in total. The van der Waals surface area contributed by atoms with Crippen molar-refractivity contribution in [3.63, 3.8) is 0 Å². The van der Waals surface area contributed by atoms with Crippen molar-refractivity contribution in [2.75, 3.05) is 11.9 Å². The van der Waals surface area contributed by atoms with E-state index >= 15 is 0 Å². The van der Waals surface area contributed by atoms with Crippen LogP contribution in [0.2, 0.25) is 0 Å². The highest BCUT2D eigenvalue weighted by molar-refractivity contribution is 5.92. The Kier molecular flexibility index (Phi) is 3.07. The third-order valence-electron chi connectivity index (χ3n) is 3.39. The Morgan fingerprint density at radius 1 is 1.50 bits per heavy atom. The highest BCUT2D eigenvalue weighted by atomic mass is 16.5. The number of carbonyl (C=O) groups is 1. The lowest BCUT2D eigenvalue weighted by Gasteiger charge is -2.10. The number of nitriles is 1. The number of rotatable bonds is 3. The van der Waals surface area contributed by atoms with E-state index in [1.807, 2.05) is 18.2 Å². The monoisotopic (exact) mass is 269 g/mol. The molecule has 5 heteroatoms. The summed E-state index contributed by atoms with van der Waals surface area (Å²) in [7, 11) is 0. The van der Waals surface area contributed by atoms with Gasteiger partial charge in [0.15, 0.2) is 0 Å². The highest BCUT2D eigenvalue weighted by Gasteiger charge is 2.28. The minimum absolute atomic E-state index is 0.341. The maximum absolute atomic E-state index is 11.6. The lowest BCUT2D eigenvalue weighted by atomic mass is 10.2. The second kappa shape index (κ2) is 4.89. The molecule has 0 unspecified atom stereocenters. The molecule has 2 aromatic rings. The largest absolute Gasteiger partial charge is 0.450 e. The summed E-state index contributed by atoms with van der Waals surface area (Å²) >= 11 is 0. The van der Waals surface area contributed by atoms with Gasteiger partial charge in [0.05, 0.1) is 23.8 Å². The minimum Gasteiger partial charge on any atom is -0.450 e. The number of fused-ring (bicyclic) bond motifs is 1. The van der Waals surface area contributed by atoms with Gasteiger partial charge in [-0.25, -0.2) is 4.79 Å². The predicted molar refractivity (Wildman–Crippen MR) is 75.6 cm³/mol. The van der Waals surface area contributed by atoms with Crippen molar-refractivity contribution in [1.29, 1.82) is 5.26 Å². The smallest absolute Gasteiger partial charge is 0.412 e. The van der Waals surface area contributed by atoms with E-state index in [2.05, 4.69) is 16.0 Å². The molecule has 1 aromatic heterocycles. The summed E-state index contributed by atoms with van der Waals surface area (Å²) in [4.78, 5) is 11.6. The van der Waals surface area contributed by atoms with Crippen LogP contribution in [0.3, 0.4) is 0 Å². The first-order chi connectivity index (χ1) is 9.72. The zero-order valence-corrected chi connectivity index (χ0v) is 11.2. The average Bonchev–Trinajstić information content (AvgIpc) is 3.20. The number of amides is 1. The standard InChI is InChI=1S/C15H15N3O2/c1-2-20-15(19)17-14-8-11-4-3-10(9-16)7-13(11)18(14)12-5-6-12/h3-4,7-8,12H,2,5-6H2,1H3,(H,17,19). The lowest BCUT2D eigenvalue weighted by molar-refractivity contribution is 0.167. The number of aromatic nitrogens is 1. The van der Waals surface area contributed by atoms with Gasteiger partial charge in [0, 0.05) is 11.4 Å². The van der Waals surface area contributed by atoms with Crippen molar-refractivity contribution in [3.05, 3.63) is 29.8 Å². The van der Waals surface area contributed by atoms with Crippen LogP contribution in [-0.2, 0) is 4.74 Å². The van der Waals surface area contributed by atoms with Gasteiger partial charge < -0.3 is 9.30 Å². The van der Waals surface area contributed by atoms with E-state index in [0.717, 1.165) is 29.6 Å². The molecule has 1 amide bonds. The molecule has 20 heavy (non-hydrogen) atoms. The summed E-state index contributed by atoms with van der Waals surface area (Å²) in [6.07, 6.45) is 1.74. The normalized spacial score (nSPS) is 14.0. The molecule has 1 aliphatic rings. The van der Waals surface area contributed by atoms with Gasteiger partial charge in [0.2, 0.25) is 0 Å². The highest BCUT2D eigenvalue weighted by Crippen LogP contribution is 2.41. The molecular formula is C15H15N3O2. The molecule has 3 rings (SSSR count). The van der Waals surface area contributed by atoms with Gasteiger partial charge in [0.25, 0.3) is 0 Å². The molecule has 0 radical (unpaired) electrons. The second-order valence-electron chi connectivity index (χ2n) is 4.86. The number of benzene rings is 1. The molecule has 0 aliphatic heterocycles. The van der Waals surface area contributed by atoms with Crippen molar-refractivity contribution in [3.8, 4) is 6.07 Å². The average molecular weight is 269 g/mol. The molecule has 0 bridgehead atoms. The Morgan fingerprint density at radius 2 is 2.30 bits per heavy atom. The quantitative estimate of drug-likeness (QED) is 0.928. The van der Waals surface area contributed by atoms with Crippen molar-refractivity contribution in [1.82, 2.24) is 4.57 Å². The van der Waals surface area contributed by atoms with Crippen LogP contribution in [0.1, 0.15) is 31.4 Å². The zero-order chi connectivity index (χ0) is 14.1. The number of nitrogens with one attached hydrogen (secondary N) is 1. The van der Waals surface area contributed by atoms with Crippen LogP contribution in [0.15, 0.2) is 24.3 Å². The van der Waals surface area contributed by atoms with Gasteiger partial charge in [-0.3, -0.25) is 5.32 Å². The number of nitrogens with zero attached hydrogens (tertiary/aromatic N) is 2. The molecular weight excluding hydrogens is 254 g/mol. The van der Waals surface area contributed by atoms with E-state index in [4.69, 9.17) is 10.00 Å². The summed E-state index contributed by atoms with van der Waals surface area (Å²) in [5.41, 5.74) is 1.61. The van der Waals surface area contributed by atoms with E-state index in [1.165, 1.54) is 0 Å². The molecule has 1 N–H and O–H groups in total. The minimum atomic E-state index is -0.447. The van der Waals surface area contributed by atoms with Gasteiger partial charge in [-0.2, -0.15) is 5.26 Å². The molecule has 1 heterocycles. The van der Waals surface area contributed by atoms with E-state index < -0.39 is 6.09 Å². The van der Waals surface area contributed by atoms with Crippen LogP contribution in [0, 0.1) is 11.3 Å². The molecule has 0 saturated heterocycles.